The first-order valence-electron chi connectivity index (χ1n) is 12.9. The van der Waals surface area contributed by atoms with Gasteiger partial charge in [0.2, 0.25) is 0 Å². The van der Waals surface area contributed by atoms with E-state index < -0.39 is 0 Å². The summed E-state index contributed by atoms with van der Waals surface area (Å²) < 4.78 is 5.60. The lowest BCUT2D eigenvalue weighted by atomic mass is 9.93. The molecular formula is C36H20S2. The molecule has 38 heavy (non-hydrogen) atoms. The van der Waals surface area contributed by atoms with E-state index in [9.17, 15) is 0 Å². The van der Waals surface area contributed by atoms with E-state index in [0.29, 0.717) is 0 Å². The third kappa shape index (κ3) is 2.74. The number of fused-ring (bicyclic) bond motifs is 7. The van der Waals surface area contributed by atoms with Crippen LogP contribution >= 0.6 is 22.7 Å². The lowest BCUT2D eigenvalue weighted by molar-refractivity contribution is 1.61. The highest BCUT2D eigenvalue weighted by molar-refractivity contribution is 7.34. The summed E-state index contributed by atoms with van der Waals surface area (Å²) in [4.78, 5) is 0. The fourth-order valence-electron chi connectivity index (χ4n) is 6.32. The second kappa shape index (κ2) is 7.64. The van der Waals surface area contributed by atoms with E-state index in [-0.39, 0.29) is 0 Å². The van der Waals surface area contributed by atoms with E-state index in [1.54, 1.807) is 0 Å². The van der Waals surface area contributed by atoms with Crippen molar-refractivity contribution in [1.82, 2.24) is 0 Å². The van der Waals surface area contributed by atoms with E-state index in [1.807, 2.05) is 22.7 Å². The van der Waals surface area contributed by atoms with Crippen LogP contribution in [0, 0.1) is 0 Å². The molecule has 2 aromatic heterocycles. The normalized spacial score (nSPS) is 12.2. The summed E-state index contributed by atoms with van der Waals surface area (Å²) >= 11 is 3.92. The maximum Gasteiger partial charge on any atom is 0.0540 e. The number of benzene rings is 7. The van der Waals surface area contributed by atoms with Gasteiger partial charge in [-0.05, 0) is 55.9 Å². The second-order valence-corrected chi connectivity index (χ2v) is 12.1. The van der Waals surface area contributed by atoms with Crippen molar-refractivity contribution in [2.24, 2.45) is 0 Å². The van der Waals surface area contributed by atoms with Crippen molar-refractivity contribution in [3.05, 3.63) is 121 Å². The summed E-state index contributed by atoms with van der Waals surface area (Å²) in [6, 6.07) is 44.7. The zero-order valence-corrected chi connectivity index (χ0v) is 22.0. The highest BCUT2D eigenvalue weighted by Gasteiger charge is 2.20. The molecule has 0 spiro atoms. The molecule has 0 fully saturated rings. The molecule has 2 heteroatoms. The minimum atomic E-state index is 1.25. The maximum atomic E-state index is 2.47. The predicted molar refractivity (Wildman–Crippen MR) is 169 cm³/mol. The molecule has 0 bridgehead atoms. The average molecular weight is 517 g/mol. The fourth-order valence-corrected chi connectivity index (χ4v) is 9.03. The molecule has 2 heterocycles. The average Bonchev–Trinajstić information content (AvgIpc) is 3.56. The van der Waals surface area contributed by atoms with Crippen LogP contribution in [0.15, 0.2) is 121 Å². The summed E-state index contributed by atoms with van der Waals surface area (Å²) in [6.07, 6.45) is 0. The minimum absolute atomic E-state index is 1.25. The van der Waals surface area contributed by atoms with Gasteiger partial charge in [-0.1, -0.05) is 109 Å². The summed E-state index contributed by atoms with van der Waals surface area (Å²) in [6.45, 7) is 0. The molecule has 176 valence electrons. The standard InChI is InChI=1S/C36H20S2/c1-2-8-21(9-3-1)22-16-18-23(19-17-22)24-12-6-14-28-30-20-29-26-11-5-4-10-25(26)27-13-7-15-31-32(27)33(29)36(37-31)35(30)38-34(24)28/h1-20H. The zero-order valence-electron chi connectivity index (χ0n) is 20.4. The van der Waals surface area contributed by atoms with Crippen LogP contribution < -0.4 is 0 Å². The molecule has 0 aliphatic rings. The van der Waals surface area contributed by atoms with Gasteiger partial charge in [-0.3, -0.25) is 0 Å². The molecule has 0 atom stereocenters. The number of hydrogen-bond acceptors (Lipinski definition) is 2. The SMILES string of the molecule is c1ccc(-c2ccc(-c3cccc4c3sc3c4cc4c5ccccc5c5cccc6sc3c4c65)cc2)cc1. The first kappa shape index (κ1) is 20.8. The lowest BCUT2D eigenvalue weighted by Crippen LogP contribution is -1.82. The fraction of sp³-hybridized carbons (Fsp3) is 0. The molecule has 0 radical (unpaired) electrons. The molecule has 0 saturated heterocycles. The monoisotopic (exact) mass is 516 g/mol. The smallest absolute Gasteiger partial charge is 0.0540 e. The Morgan fingerprint density at radius 3 is 1.84 bits per heavy atom. The quantitative estimate of drug-likeness (QED) is 0.200. The van der Waals surface area contributed by atoms with Crippen LogP contribution in [0.25, 0.3) is 84.1 Å². The highest BCUT2D eigenvalue weighted by Crippen LogP contribution is 2.51. The van der Waals surface area contributed by atoms with Crippen molar-refractivity contribution in [3.63, 3.8) is 0 Å². The van der Waals surface area contributed by atoms with Crippen LogP contribution in [-0.4, -0.2) is 0 Å². The van der Waals surface area contributed by atoms with Gasteiger partial charge in [0.15, 0.2) is 0 Å². The molecule has 7 aromatic carbocycles. The van der Waals surface area contributed by atoms with E-state index >= 15 is 0 Å². The van der Waals surface area contributed by atoms with Crippen LogP contribution in [0.5, 0.6) is 0 Å². The number of hydrogen-bond donors (Lipinski definition) is 0. The largest absolute Gasteiger partial charge is 0.134 e. The highest BCUT2D eigenvalue weighted by atomic mass is 32.1. The van der Waals surface area contributed by atoms with Gasteiger partial charge in [0.25, 0.3) is 0 Å². The van der Waals surface area contributed by atoms with Crippen LogP contribution in [0.4, 0.5) is 0 Å². The summed E-state index contributed by atoms with van der Waals surface area (Å²) in [5.41, 5.74) is 5.09. The van der Waals surface area contributed by atoms with E-state index in [1.165, 1.54) is 84.1 Å². The zero-order chi connectivity index (χ0) is 24.8. The minimum Gasteiger partial charge on any atom is -0.134 e. The summed E-state index contributed by atoms with van der Waals surface area (Å²) in [5.74, 6) is 0. The van der Waals surface area contributed by atoms with Crippen molar-refractivity contribution in [2.75, 3.05) is 0 Å². The van der Waals surface area contributed by atoms with Gasteiger partial charge < -0.3 is 0 Å². The van der Waals surface area contributed by atoms with Gasteiger partial charge in [-0.25, -0.2) is 0 Å². The van der Waals surface area contributed by atoms with Crippen molar-refractivity contribution in [2.45, 2.75) is 0 Å². The Morgan fingerprint density at radius 2 is 1.00 bits per heavy atom. The number of thiophene rings is 2. The van der Waals surface area contributed by atoms with Gasteiger partial charge in [-0.2, -0.15) is 0 Å². The Balaban J connectivity index is 1.36. The molecule has 9 aromatic rings. The van der Waals surface area contributed by atoms with E-state index in [2.05, 4.69) is 121 Å². The maximum absolute atomic E-state index is 2.47. The van der Waals surface area contributed by atoms with Crippen molar-refractivity contribution in [1.29, 1.82) is 0 Å². The molecule has 0 aliphatic heterocycles. The van der Waals surface area contributed by atoms with Gasteiger partial charge >= 0.3 is 0 Å². The van der Waals surface area contributed by atoms with E-state index in [4.69, 9.17) is 0 Å². The molecule has 0 unspecified atom stereocenters. The van der Waals surface area contributed by atoms with Crippen molar-refractivity contribution >= 4 is 84.6 Å². The Kier molecular flexibility index (Phi) is 4.18. The first-order chi connectivity index (χ1) is 18.8. The summed E-state index contributed by atoms with van der Waals surface area (Å²) in [7, 11) is 0. The van der Waals surface area contributed by atoms with Crippen molar-refractivity contribution < 1.29 is 0 Å². The van der Waals surface area contributed by atoms with Crippen LogP contribution in [0.3, 0.4) is 0 Å². The van der Waals surface area contributed by atoms with Gasteiger partial charge in [0.05, 0.1) is 9.40 Å². The lowest BCUT2D eigenvalue weighted by Gasteiger charge is -2.09. The van der Waals surface area contributed by atoms with Crippen LogP contribution in [0.1, 0.15) is 0 Å². The second-order valence-electron chi connectivity index (χ2n) is 10.1. The van der Waals surface area contributed by atoms with Gasteiger partial charge in [0.1, 0.15) is 0 Å². The predicted octanol–water partition coefficient (Wildman–Crippen LogP) is 11.5. The van der Waals surface area contributed by atoms with Gasteiger partial charge in [0, 0.05) is 30.9 Å². The molecule has 0 amide bonds. The topological polar surface area (TPSA) is 0 Å². The molecule has 0 aliphatic carbocycles. The Labute approximate surface area is 227 Å². The molecule has 0 N–H and O–H groups in total. The van der Waals surface area contributed by atoms with Crippen LogP contribution in [0.2, 0.25) is 0 Å². The van der Waals surface area contributed by atoms with Crippen LogP contribution in [-0.2, 0) is 0 Å². The Morgan fingerprint density at radius 1 is 0.342 bits per heavy atom. The molecular weight excluding hydrogens is 497 g/mol. The Hall–Kier alpha value is -4.24. The van der Waals surface area contributed by atoms with Crippen molar-refractivity contribution in [3.8, 4) is 22.3 Å². The summed E-state index contributed by atoms with van der Waals surface area (Å²) in [5, 5.41) is 11.0. The van der Waals surface area contributed by atoms with Gasteiger partial charge in [-0.15, -0.1) is 22.7 Å². The van der Waals surface area contributed by atoms with E-state index in [0.717, 1.165) is 0 Å². The third-order valence-electron chi connectivity index (χ3n) is 8.04. The molecule has 0 nitrogen and oxygen atoms in total. The molecule has 9 rings (SSSR count). The third-order valence-corrected chi connectivity index (χ3v) is 10.6. The first-order valence-corrected chi connectivity index (χ1v) is 14.6. The number of rotatable bonds is 2. The Bertz CT molecular complexity index is 2320. The molecule has 0 saturated carbocycles.